The fraction of sp³-hybridized carbons (Fsp3) is 0.556. The zero-order chi connectivity index (χ0) is 11.1. The molecule has 6 heteroatoms. The van der Waals surface area contributed by atoms with Crippen LogP contribution in [0.3, 0.4) is 0 Å². The summed E-state index contributed by atoms with van der Waals surface area (Å²) in [5.41, 5.74) is 6.16. The Bertz CT molecular complexity index is 311. The number of hydrogen-bond donors (Lipinski definition) is 2. The highest BCUT2D eigenvalue weighted by atomic mass is 16.5. The molecule has 0 saturated carbocycles. The van der Waals surface area contributed by atoms with Crippen LogP contribution in [0.25, 0.3) is 0 Å². The second-order valence-electron chi connectivity index (χ2n) is 3.06. The van der Waals surface area contributed by atoms with Crippen LogP contribution in [0.5, 0.6) is 0 Å². The normalized spacial score (nSPS) is 10.3. The molecule has 1 heterocycles. The Morgan fingerprint density at radius 3 is 3.13 bits per heavy atom. The van der Waals surface area contributed by atoms with Gasteiger partial charge in [-0.3, -0.25) is 9.48 Å². The molecule has 6 nitrogen and oxygen atoms in total. The van der Waals surface area contributed by atoms with Gasteiger partial charge in [0.25, 0.3) is 0 Å². The Morgan fingerprint density at radius 1 is 1.73 bits per heavy atom. The van der Waals surface area contributed by atoms with E-state index in [-0.39, 0.29) is 12.5 Å². The van der Waals surface area contributed by atoms with Crippen molar-refractivity contribution >= 4 is 5.91 Å². The van der Waals surface area contributed by atoms with Crippen LogP contribution >= 0.6 is 0 Å². The van der Waals surface area contributed by atoms with Gasteiger partial charge in [0, 0.05) is 19.8 Å². The van der Waals surface area contributed by atoms with Crippen molar-refractivity contribution in [1.82, 2.24) is 15.1 Å². The smallest absolute Gasteiger partial charge is 0.246 e. The summed E-state index contributed by atoms with van der Waals surface area (Å²) in [6, 6.07) is 1.85. The van der Waals surface area contributed by atoms with E-state index < -0.39 is 0 Å². The number of amides is 1. The summed E-state index contributed by atoms with van der Waals surface area (Å²) < 4.78 is 6.69. The van der Waals surface area contributed by atoms with Crippen molar-refractivity contribution in [2.24, 2.45) is 12.8 Å². The lowest BCUT2D eigenvalue weighted by molar-refractivity contribution is -0.125. The summed E-state index contributed by atoms with van der Waals surface area (Å²) in [5.74, 6) is -0.148. The molecule has 0 bridgehead atoms. The summed E-state index contributed by atoms with van der Waals surface area (Å²) in [5, 5.41) is 6.71. The van der Waals surface area contributed by atoms with E-state index in [2.05, 4.69) is 10.4 Å². The minimum absolute atomic E-state index is 0.0506. The number of aromatic nitrogens is 2. The van der Waals surface area contributed by atoms with E-state index in [0.717, 1.165) is 5.69 Å². The minimum Gasteiger partial charge on any atom is -0.370 e. The number of rotatable bonds is 6. The lowest BCUT2D eigenvalue weighted by Gasteiger charge is -2.05. The molecule has 3 N–H and O–H groups in total. The predicted octanol–water partition coefficient (Wildman–Crippen LogP) is -0.988. The zero-order valence-corrected chi connectivity index (χ0v) is 8.77. The number of carbonyl (C=O) groups excluding carboxylic acids is 1. The Morgan fingerprint density at radius 2 is 2.53 bits per heavy atom. The minimum atomic E-state index is -0.148. The third kappa shape index (κ3) is 4.09. The van der Waals surface area contributed by atoms with Crippen LogP contribution in [0, 0.1) is 0 Å². The number of ether oxygens (including phenoxy) is 1. The standard InChI is InChI=1S/C9H16N4O2/c1-13-8(2-4-12-13)6-11-9(14)7-15-5-3-10/h2,4H,3,5-7,10H2,1H3,(H,11,14). The van der Waals surface area contributed by atoms with E-state index in [1.807, 2.05) is 13.1 Å². The van der Waals surface area contributed by atoms with E-state index in [4.69, 9.17) is 10.5 Å². The molecule has 1 aromatic rings. The summed E-state index contributed by atoms with van der Waals surface area (Å²) in [4.78, 5) is 11.2. The van der Waals surface area contributed by atoms with Gasteiger partial charge < -0.3 is 15.8 Å². The molecule has 0 aliphatic rings. The van der Waals surface area contributed by atoms with Crippen LogP contribution in [0.4, 0.5) is 0 Å². The Balaban J connectivity index is 2.20. The van der Waals surface area contributed by atoms with Gasteiger partial charge in [0.2, 0.25) is 5.91 Å². The van der Waals surface area contributed by atoms with Gasteiger partial charge >= 0.3 is 0 Å². The largest absolute Gasteiger partial charge is 0.370 e. The van der Waals surface area contributed by atoms with Gasteiger partial charge in [-0.2, -0.15) is 5.10 Å². The number of nitrogens with two attached hydrogens (primary N) is 1. The van der Waals surface area contributed by atoms with Gasteiger partial charge in [-0.25, -0.2) is 0 Å². The molecular formula is C9H16N4O2. The Labute approximate surface area is 88.4 Å². The maximum Gasteiger partial charge on any atom is 0.246 e. The van der Waals surface area contributed by atoms with Gasteiger partial charge in [-0.15, -0.1) is 0 Å². The Kier molecular flexibility index (Phi) is 4.79. The van der Waals surface area contributed by atoms with E-state index >= 15 is 0 Å². The lowest BCUT2D eigenvalue weighted by Crippen LogP contribution is -2.28. The van der Waals surface area contributed by atoms with E-state index in [9.17, 15) is 4.79 Å². The van der Waals surface area contributed by atoms with Gasteiger partial charge in [0.15, 0.2) is 0 Å². The third-order valence-corrected chi connectivity index (χ3v) is 1.88. The van der Waals surface area contributed by atoms with E-state index in [1.54, 1.807) is 10.9 Å². The van der Waals surface area contributed by atoms with Crippen molar-refractivity contribution in [2.45, 2.75) is 6.54 Å². The number of carbonyl (C=O) groups is 1. The van der Waals surface area contributed by atoms with Crippen LogP contribution in [-0.2, 0) is 23.1 Å². The molecule has 0 spiro atoms. The number of aryl methyl sites for hydroxylation is 1. The molecule has 1 amide bonds. The lowest BCUT2D eigenvalue weighted by atomic mass is 10.4. The third-order valence-electron chi connectivity index (χ3n) is 1.88. The van der Waals surface area contributed by atoms with Crippen molar-refractivity contribution in [3.8, 4) is 0 Å². The summed E-state index contributed by atoms with van der Waals surface area (Å²) >= 11 is 0. The van der Waals surface area contributed by atoms with Crippen molar-refractivity contribution in [2.75, 3.05) is 19.8 Å². The quantitative estimate of drug-likeness (QED) is 0.593. The SMILES string of the molecule is Cn1nccc1CNC(=O)COCCN. The van der Waals surface area contributed by atoms with Crippen LogP contribution < -0.4 is 11.1 Å². The summed E-state index contributed by atoms with van der Waals surface area (Å²) in [6.45, 7) is 1.34. The van der Waals surface area contributed by atoms with Gasteiger partial charge in [0.1, 0.15) is 6.61 Å². The number of nitrogens with one attached hydrogen (secondary N) is 1. The van der Waals surface area contributed by atoms with E-state index in [0.29, 0.717) is 19.7 Å². The highest BCUT2D eigenvalue weighted by Crippen LogP contribution is 1.94. The highest BCUT2D eigenvalue weighted by Gasteiger charge is 2.02. The first-order valence-corrected chi connectivity index (χ1v) is 4.75. The molecule has 0 aliphatic carbocycles. The topological polar surface area (TPSA) is 82.2 Å². The fourth-order valence-electron chi connectivity index (χ4n) is 1.06. The molecule has 1 aromatic heterocycles. The highest BCUT2D eigenvalue weighted by molar-refractivity contribution is 5.77. The molecular weight excluding hydrogens is 196 g/mol. The second-order valence-corrected chi connectivity index (χ2v) is 3.06. The van der Waals surface area contributed by atoms with Gasteiger partial charge in [0.05, 0.1) is 18.8 Å². The maximum absolute atomic E-state index is 11.2. The summed E-state index contributed by atoms with van der Waals surface area (Å²) in [6.07, 6.45) is 1.69. The van der Waals surface area contributed by atoms with Crippen molar-refractivity contribution in [1.29, 1.82) is 0 Å². The van der Waals surface area contributed by atoms with Crippen molar-refractivity contribution in [3.63, 3.8) is 0 Å². The number of nitrogens with zero attached hydrogens (tertiary/aromatic N) is 2. The molecule has 0 aliphatic heterocycles. The van der Waals surface area contributed by atoms with E-state index in [1.165, 1.54) is 0 Å². The average Bonchev–Trinajstić information content (AvgIpc) is 2.61. The van der Waals surface area contributed by atoms with Crippen LogP contribution in [-0.4, -0.2) is 35.4 Å². The molecule has 0 radical (unpaired) electrons. The Hall–Kier alpha value is -1.40. The molecule has 1 rings (SSSR count). The first-order valence-electron chi connectivity index (χ1n) is 4.75. The molecule has 0 atom stereocenters. The molecule has 0 saturated heterocycles. The van der Waals surface area contributed by atoms with Crippen LogP contribution in [0.1, 0.15) is 5.69 Å². The maximum atomic E-state index is 11.2. The van der Waals surface area contributed by atoms with Crippen LogP contribution in [0.15, 0.2) is 12.3 Å². The first kappa shape index (κ1) is 11.7. The molecule has 15 heavy (non-hydrogen) atoms. The predicted molar refractivity (Wildman–Crippen MR) is 54.9 cm³/mol. The molecule has 0 unspecified atom stereocenters. The molecule has 0 fully saturated rings. The van der Waals surface area contributed by atoms with Crippen molar-refractivity contribution in [3.05, 3.63) is 18.0 Å². The summed E-state index contributed by atoms with van der Waals surface area (Å²) in [7, 11) is 1.83. The van der Waals surface area contributed by atoms with Gasteiger partial charge in [-0.05, 0) is 6.07 Å². The average molecular weight is 212 g/mol. The monoisotopic (exact) mass is 212 g/mol. The molecule has 0 aromatic carbocycles. The first-order chi connectivity index (χ1) is 7.24. The fourth-order valence-corrected chi connectivity index (χ4v) is 1.06. The van der Waals surface area contributed by atoms with Crippen molar-refractivity contribution < 1.29 is 9.53 Å². The second kappa shape index (κ2) is 6.15. The van der Waals surface area contributed by atoms with Crippen LogP contribution in [0.2, 0.25) is 0 Å². The molecule has 84 valence electrons. The number of hydrogen-bond acceptors (Lipinski definition) is 4. The zero-order valence-electron chi connectivity index (χ0n) is 8.77. The van der Waals surface area contributed by atoms with Gasteiger partial charge in [-0.1, -0.05) is 0 Å².